The highest BCUT2D eigenvalue weighted by Gasteiger charge is 2.05. The molecule has 1 aromatic rings. The number of esters is 1. The van der Waals surface area contributed by atoms with Crippen molar-refractivity contribution >= 4 is 21.9 Å². The number of rotatable bonds is 1. The van der Waals surface area contributed by atoms with E-state index in [-0.39, 0.29) is 0 Å². The van der Waals surface area contributed by atoms with Crippen LogP contribution in [0.1, 0.15) is 10.4 Å². The van der Waals surface area contributed by atoms with Crippen LogP contribution in [0.5, 0.6) is 0 Å². The molecule has 0 aliphatic rings. The Morgan fingerprint density at radius 1 is 1.73 bits per heavy atom. The van der Waals surface area contributed by atoms with E-state index in [0.29, 0.717) is 10.2 Å². The minimum absolute atomic E-state index is 0.384. The zero-order chi connectivity index (χ0) is 8.27. The molecule has 0 atom stereocenters. The second-order valence-corrected chi connectivity index (χ2v) is 2.57. The van der Waals surface area contributed by atoms with Crippen molar-refractivity contribution in [2.24, 2.45) is 0 Å². The normalized spacial score (nSPS) is 9.27. The average molecular weight is 217 g/mol. The van der Waals surface area contributed by atoms with Crippen molar-refractivity contribution in [1.82, 2.24) is 10.2 Å². The standard InChI is InChI=1S/C6H5BrN2O2/c1-11-6(10)4-2-5(7)9-8-3-4/h2-3H,1H3. The number of ether oxygens (including phenoxy) is 1. The molecule has 1 aromatic heterocycles. The lowest BCUT2D eigenvalue weighted by Gasteiger charge is -1.96. The van der Waals surface area contributed by atoms with Gasteiger partial charge < -0.3 is 4.74 Å². The molecule has 11 heavy (non-hydrogen) atoms. The molecular formula is C6H5BrN2O2. The van der Waals surface area contributed by atoms with Gasteiger partial charge in [-0.15, -0.1) is 5.10 Å². The summed E-state index contributed by atoms with van der Waals surface area (Å²) < 4.78 is 4.98. The summed E-state index contributed by atoms with van der Waals surface area (Å²) in [6.45, 7) is 0. The molecule has 0 amide bonds. The first-order valence-corrected chi connectivity index (χ1v) is 3.60. The van der Waals surface area contributed by atoms with Crippen LogP contribution in [0.2, 0.25) is 0 Å². The summed E-state index contributed by atoms with van der Waals surface area (Å²) in [5.41, 5.74) is 0.384. The van der Waals surface area contributed by atoms with E-state index in [1.807, 2.05) is 0 Å². The fourth-order valence-electron chi connectivity index (χ4n) is 0.570. The Balaban J connectivity index is 2.96. The molecule has 0 aromatic carbocycles. The smallest absolute Gasteiger partial charge is 0.339 e. The van der Waals surface area contributed by atoms with Gasteiger partial charge in [0.05, 0.1) is 18.9 Å². The summed E-state index contributed by atoms with van der Waals surface area (Å²) >= 11 is 3.08. The lowest BCUT2D eigenvalue weighted by Crippen LogP contribution is -2.02. The maximum absolute atomic E-state index is 10.9. The van der Waals surface area contributed by atoms with Gasteiger partial charge in [0.25, 0.3) is 0 Å². The van der Waals surface area contributed by atoms with Crippen molar-refractivity contribution in [2.45, 2.75) is 0 Å². The molecule has 0 saturated carbocycles. The molecule has 1 rings (SSSR count). The van der Waals surface area contributed by atoms with Gasteiger partial charge in [-0.3, -0.25) is 0 Å². The number of methoxy groups -OCH3 is 1. The van der Waals surface area contributed by atoms with Crippen molar-refractivity contribution in [3.05, 3.63) is 22.4 Å². The van der Waals surface area contributed by atoms with Gasteiger partial charge in [-0.1, -0.05) is 0 Å². The summed E-state index contributed by atoms with van der Waals surface area (Å²) in [4.78, 5) is 10.9. The number of halogens is 1. The van der Waals surface area contributed by atoms with Crippen molar-refractivity contribution < 1.29 is 9.53 Å². The third-order valence-electron chi connectivity index (χ3n) is 1.05. The van der Waals surface area contributed by atoms with Crippen molar-refractivity contribution in [1.29, 1.82) is 0 Å². The Morgan fingerprint density at radius 3 is 3.00 bits per heavy atom. The van der Waals surface area contributed by atoms with Crippen LogP contribution in [0, 0.1) is 0 Å². The number of nitrogens with zero attached hydrogens (tertiary/aromatic N) is 2. The Morgan fingerprint density at radius 2 is 2.45 bits per heavy atom. The molecule has 1 heterocycles. The first-order valence-electron chi connectivity index (χ1n) is 2.80. The zero-order valence-electron chi connectivity index (χ0n) is 5.74. The molecule has 0 bridgehead atoms. The van der Waals surface area contributed by atoms with Crippen molar-refractivity contribution in [2.75, 3.05) is 7.11 Å². The number of carbonyl (C=O) groups is 1. The number of aromatic nitrogens is 2. The third-order valence-corrected chi connectivity index (χ3v) is 1.43. The molecule has 0 spiro atoms. The Hall–Kier alpha value is -0.970. The summed E-state index contributed by atoms with van der Waals surface area (Å²) in [7, 11) is 1.32. The van der Waals surface area contributed by atoms with Gasteiger partial charge in [-0.05, 0) is 22.0 Å². The highest BCUT2D eigenvalue weighted by atomic mass is 79.9. The number of carbonyl (C=O) groups excluding carboxylic acids is 1. The van der Waals surface area contributed by atoms with E-state index in [0.717, 1.165) is 0 Å². The highest BCUT2D eigenvalue weighted by molar-refractivity contribution is 9.10. The largest absolute Gasteiger partial charge is 0.465 e. The van der Waals surface area contributed by atoms with Crippen LogP contribution in [-0.2, 0) is 4.74 Å². The number of hydrogen-bond acceptors (Lipinski definition) is 4. The van der Waals surface area contributed by atoms with E-state index in [2.05, 4.69) is 30.9 Å². The van der Waals surface area contributed by atoms with Gasteiger partial charge in [0.2, 0.25) is 0 Å². The Labute approximate surface area is 71.7 Å². The van der Waals surface area contributed by atoms with Crippen LogP contribution in [0.4, 0.5) is 0 Å². The maximum atomic E-state index is 10.9. The zero-order valence-corrected chi connectivity index (χ0v) is 7.33. The Bertz CT molecular complexity index is 277. The fraction of sp³-hybridized carbons (Fsp3) is 0.167. The monoisotopic (exact) mass is 216 g/mol. The van der Waals surface area contributed by atoms with Crippen molar-refractivity contribution in [3.63, 3.8) is 0 Å². The molecule has 0 aliphatic heterocycles. The molecule has 4 nitrogen and oxygen atoms in total. The topological polar surface area (TPSA) is 52.1 Å². The lowest BCUT2D eigenvalue weighted by atomic mass is 10.3. The molecule has 0 unspecified atom stereocenters. The fourth-order valence-corrected chi connectivity index (χ4v) is 0.908. The minimum Gasteiger partial charge on any atom is -0.465 e. The highest BCUT2D eigenvalue weighted by Crippen LogP contribution is 2.06. The van der Waals surface area contributed by atoms with Crippen LogP contribution in [0.25, 0.3) is 0 Å². The minimum atomic E-state index is -0.416. The summed E-state index contributed by atoms with van der Waals surface area (Å²) in [6.07, 6.45) is 1.34. The first kappa shape index (κ1) is 8.13. The van der Waals surface area contributed by atoms with Gasteiger partial charge in [0.1, 0.15) is 4.60 Å². The molecule has 0 fully saturated rings. The lowest BCUT2D eigenvalue weighted by molar-refractivity contribution is 0.0600. The molecule has 58 valence electrons. The second kappa shape index (κ2) is 3.43. The van der Waals surface area contributed by atoms with E-state index >= 15 is 0 Å². The van der Waals surface area contributed by atoms with Gasteiger partial charge in [0.15, 0.2) is 0 Å². The van der Waals surface area contributed by atoms with Crippen LogP contribution in [0.15, 0.2) is 16.9 Å². The summed E-state index contributed by atoms with van der Waals surface area (Å²) in [5, 5.41) is 7.17. The van der Waals surface area contributed by atoms with E-state index in [9.17, 15) is 4.79 Å². The second-order valence-electron chi connectivity index (χ2n) is 1.76. The van der Waals surface area contributed by atoms with E-state index in [1.54, 1.807) is 6.07 Å². The Kier molecular flexibility index (Phi) is 2.53. The van der Waals surface area contributed by atoms with Crippen LogP contribution < -0.4 is 0 Å². The maximum Gasteiger partial charge on any atom is 0.339 e. The third kappa shape index (κ3) is 1.98. The molecule has 0 radical (unpaired) electrons. The molecular weight excluding hydrogens is 212 g/mol. The molecule has 0 saturated heterocycles. The van der Waals surface area contributed by atoms with Gasteiger partial charge in [0, 0.05) is 0 Å². The van der Waals surface area contributed by atoms with Crippen LogP contribution >= 0.6 is 15.9 Å². The quantitative estimate of drug-likeness (QED) is 0.659. The van der Waals surface area contributed by atoms with Crippen LogP contribution in [-0.4, -0.2) is 23.3 Å². The molecule has 5 heteroatoms. The van der Waals surface area contributed by atoms with Gasteiger partial charge in [-0.2, -0.15) is 5.10 Å². The molecule has 0 aliphatic carbocycles. The van der Waals surface area contributed by atoms with Gasteiger partial charge in [-0.25, -0.2) is 4.79 Å². The van der Waals surface area contributed by atoms with Crippen LogP contribution in [0.3, 0.4) is 0 Å². The van der Waals surface area contributed by atoms with E-state index < -0.39 is 5.97 Å². The van der Waals surface area contributed by atoms with E-state index in [4.69, 9.17) is 0 Å². The van der Waals surface area contributed by atoms with Gasteiger partial charge >= 0.3 is 5.97 Å². The summed E-state index contributed by atoms with van der Waals surface area (Å²) in [5.74, 6) is -0.416. The van der Waals surface area contributed by atoms with Crippen molar-refractivity contribution in [3.8, 4) is 0 Å². The summed E-state index contributed by atoms with van der Waals surface area (Å²) in [6, 6.07) is 1.54. The van der Waals surface area contributed by atoms with E-state index in [1.165, 1.54) is 13.3 Å². The first-order chi connectivity index (χ1) is 5.24. The number of hydrogen-bond donors (Lipinski definition) is 0. The predicted octanol–water partition coefficient (Wildman–Crippen LogP) is 1.03. The predicted molar refractivity (Wildman–Crippen MR) is 41.1 cm³/mol. The average Bonchev–Trinajstić information content (AvgIpc) is 2.03. The SMILES string of the molecule is COC(=O)c1cnnc(Br)c1. The molecule has 0 N–H and O–H groups in total.